The molecule has 4 rings (SSSR count). The number of nitrogens with one attached hydrogen (secondary N) is 1. The van der Waals surface area contributed by atoms with Crippen LogP contribution in [0.3, 0.4) is 0 Å². The van der Waals surface area contributed by atoms with Crippen molar-refractivity contribution in [2.24, 2.45) is 0 Å². The van der Waals surface area contributed by atoms with E-state index in [9.17, 15) is 8.42 Å². The lowest BCUT2D eigenvalue weighted by atomic mass is 10.1. The highest BCUT2D eigenvalue weighted by Crippen LogP contribution is 2.36. The minimum Gasteiger partial charge on any atom is -0.370 e. The van der Waals surface area contributed by atoms with E-state index in [2.05, 4.69) is 30.5 Å². The standard InChI is InChI=1S/C21H22BrN3O2S/c22-16-7-9-17(10-8-16)28(26,27)24-21-18-6-5-13-23-19(18)11-12-20(21)25-14-3-1-2-4-15-25/h5-13,24H,1-4,14-15H2. The molecule has 0 aliphatic carbocycles. The number of aromatic nitrogens is 1. The molecule has 3 aromatic rings. The largest absolute Gasteiger partial charge is 0.370 e. The first kappa shape index (κ1) is 19.2. The number of sulfonamides is 1. The van der Waals surface area contributed by atoms with E-state index in [4.69, 9.17) is 0 Å². The molecule has 0 amide bonds. The number of hydrogen-bond donors (Lipinski definition) is 1. The van der Waals surface area contributed by atoms with Crippen molar-refractivity contribution in [1.82, 2.24) is 4.98 Å². The number of halogens is 1. The van der Waals surface area contributed by atoms with Crippen molar-refractivity contribution in [3.8, 4) is 0 Å². The molecule has 2 heterocycles. The van der Waals surface area contributed by atoms with Gasteiger partial charge >= 0.3 is 0 Å². The number of benzene rings is 2. The van der Waals surface area contributed by atoms with E-state index in [-0.39, 0.29) is 4.90 Å². The summed E-state index contributed by atoms with van der Waals surface area (Å²) in [5.41, 5.74) is 2.30. The van der Waals surface area contributed by atoms with Crippen LogP contribution in [0.15, 0.2) is 64.1 Å². The first-order chi connectivity index (χ1) is 13.5. The Morgan fingerprint density at radius 2 is 1.64 bits per heavy atom. The Morgan fingerprint density at radius 1 is 0.929 bits per heavy atom. The van der Waals surface area contributed by atoms with E-state index >= 15 is 0 Å². The van der Waals surface area contributed by atoms with Crippen LogP contribution in [-0.4, -0.2) is 26.5 Å². The fraction of sp³-hybridized carbons (Fsp3) is 0.286. The Kier molecular flexibility index (Phi) is 5.55. The lowest BCUT2D eigenvalue weighted by Crippen LogP contribution is -2.26. The number of hydrogen-bond acceptors (Lipinski definition) is 4. The molecule has 7 heteroatoms. The van der Waals surface area contributed by atoms with Gasteiger partial charge in [0.25, 0.3) is 10.0 Å². The quantitative estimate of drug-likeness (QED) is 0.583. The lowest BCUT2D eigenvalue weighted by molar-refractivity contribution is 0.601. The van der Waals surface area contributed by atoms with Crippen molar-refractivity contribution in [1.29, 1.82) is 0 Å². The fourth-order valence-corrected chi connectivity index (χ4v) is 4.99. The molecule has 0 saturated carbocycles. The number of nitrogens with zero attached hydrogens (tertiary/aromatic N) is 2. The van der Waals surface area contributed by atoms with Crippen LogP contribution in [0.5, 0.6) is 0 Å². The van der Waals surface area contributed by atoms with Gasteiger partial charge in [0.15, 0.2) is 0 Å². The van der Waals surface area contributed by atoms with Crippen molar-refractivity contribution in [2.45, 2.75) is 30.6 Å². The molecule has 0 spiro atoms. The van der Waals surface area contributed by atoms with E-state index in [1.807, 2.05) is 24.3 Å². The highest BCUT2D eigenvalue weighted by Gasteiger charge is 2.21. The van der Waals surface area contributed by atoms with Crippen molar-refractivity contribution in [3.63, 3.8) is 0 Å². The van der Waals surface area contributed by atoms with Gasteiger partial charge in [-0.3, -0.25) is 9.71 Å². The van der Waals surface area contributed by atoms with Gasteiger partial charge in [-0.2, -0.15) is 0 Å². The van der Waals surface area contributed by atoms with Crippen LogP contribution < -0.4 is 9.62 Å². The van der Waals surface area contributed by atoms with Crippen LogP contribution in [0.4, 0.5) is 11.4 Å². The van der Waals surface area contributed by atoms with Gasteiger partial charge < -0.3 is 4.90 Å². The average molecular weight is 460 g/mol. The van der Waals surface area contributed by atoms with Gasteiger partial charge in [0, 0.05) is 29.1 Å². The summed E-state index contributed by atoms with van der Waals surface area (Å²) in [5, 5.41) is 0.810. The van der Waals surface area contributed by atoms with Gasteiger partial charge in [-0.1, -0.05) is 28.8 Å². The second-order valence-electron chi connectivity index (χ2n) is 6.99. The van der Waals surface area contributed by atoms with Gasteiger partial charge in [0.1, 0.15) is 0 Å². The third-order valence-electron chi connectivity index (χ3n) is 5.07. The molecular weight excluding hydrogens is 438 g/mol. The molecule has 0 radical (unpaired) electrons. The number of fused-ring (bicyclic) bond motifs is 1. The highest BCUT2D eigenvalue weighted by molar-refractivity contribution is 9.10. The molecular formula is C21H22BrN3O2S. The summed E-state index contributed by atoms with van der Waals surface area (Å²) in [6, 6.07) is 14.4. The van der Waals surface area contributed by atoms with E-state index in [0.717, 1.165) is 47.0 Å². The zero-order valence-corrected chi connectivity index (χ0v) is 17.8. The minimum absolute atomic E-state index is 0.235. The Labute approximate surface area is 174 Å². The van der Waals surface area contributed by atoms with Crippen LogP contribution in [0, 0.1) is 0 Å². The van der Waals surface area contributed by atoms with Crippen molar-refractivity contribution < 1.29 is 8.42 Å². The van der Waals surface area contributed by atoms with Gasteiger partial charge in [-0.25, -0.2) is 8.42 Å². The monoisotopic (exact) mass is 459 g/mol. The van der Waals surface area contributed by atoms with E-state index in [0.29, 0.717) is 5.69 Å². The average Bonchev–Trinajstić information content (AvgIpc) is 2.98. The second kappa shape index (κ2) is 8.09. The molecule has 1 aromatic heterocycles. The summed E-state index contributed by atoms with van der Waals surface area (Å²) in [7, 11) is -3.72. The molecule has 1 fully saturated rings. The molecule has 1 N–H and O–H groups in total. The van der Waals surface area contributed by atoms with Crippen LogP contribution in [-0.2, 0) is 10.0 Å². The molecule has 0 bridgehead atoms. The highest BCUT2D eigenvalue weighted by atomic mass is 79.9. The predicted molar refractivity (Wildman–Crippen MR) is 117 cm³/mol. The molecule has 1 saturated heterocycles. The van der Waals surface area contributed by atoms with Crippen LogP contribution >= 0.6 is 15.9 Å². The topological polar surface area (TPSA) is 62.3 Å². The van der Waals surface area contributed by atoms with Crippen LogP contribution in [0.2, 0.25) is 0 Å². The third kappa shape index (κ3) is 4.00. The SMILES string of the molecule is O=S(=O)(Nc1c(N2CCCCCC2)ccc2ncccc12)c1ccc(Br)cc1. The first-order valence-corrected chi connectivity index (χ1v) is 11.7. The minimum atomic E-state index is -3.72. The van der Waals surface area contributed by atoms with Gasteiger partial charge in [0.2, 0.25) is 0 Å². The number of rotatable bonds is 4. The Balaban J connectivity index is 1.81. The van der Waals surface area contributed by atoms with Gasteiger partial charge in [-0.05, 0) is 61.4 Å². The summed E-state index contributed by atoms with van der Waals surface area (Å²) in [5.74, 6) is 0. The molecule has 0 unspecified atom stereocenters. The maximum atomic E-state index is 13.1. The fourth-order valence-electron chi connectivity index (χ4n) is 3.63. The van der Waals surface area contributed by atoms with E-state index in [1.165, 1.54) is 12.8 Å². The zero-order chi connectivity index (χ0) is 19.6. The van der Waals surface area contributed by atoms with Crippen molar-refractivity contribution in [2.75, 3.05) is 22.7 Å². The molecule has 146 valence electrons. The smallest absolute Gasteiger partial charge is 0.261 e. The Morgan fingerprint density at radius 3 is 2.36 bits per heavy atom. The molecule has 1 aliphatic rings. The number of anilines is 2. The molecule has 0 atom stereocenters. The van der Waals surface area contributed by atoms with Gasteiger partial charge in [-0.15, -0.1) is 0 Å². The molecule has 28 heavy (non-hydrogen) atoms. The lowest BCUT2D eigenvalue weighted by Gasteiger charge is -2.26. The van der Waals surface area contributed by atoms with Crippen LogP contribution in [0.25, 0.3) is 10.9 Å². The molecule has 2 aromatic carbocycles. The van der Waals surface area contributed by atoms with Crippen LogP contribution in [0.1, 0.15) is 25.7 Å². The van der Waals surface area contributed by atoms with E-state index < -0.39 is 10.0 Å². The predicted octanol–water partition coefficient (Wildman–Crippen LogP) is 5.18. The summed E-state index contributed by atoms with van der Waals surface area (Å²) in [6.45, 7) is 1.86. The Bertz CT molecular complexity index is 1080. The maximum Gasteiger partial charge on any atom is 0.261 e. The third-order valence-corrected chi connectivity index (χ3v) is 6.96. The summed E-state index contributed by atoms with van der Waals surface area (Å²) in [4.78, 5) is 6.93. The summed E-state index contributed by atoms with van der Waals surface area (Å²) in [6.07, 6.45) is 6.38. The second-order valence-corrected chi connectivity index (χ2v) is 9.59. The maximum absolute atomic E-state index is 13.1. The number of pyridine rings is 1. The van der Waals surface area contributed by atoms with E-state index in [1.54, 1.807) is 30.5 Å². The zero-order valence-electron chi connectivity index (χ0n) is 15.4. The Hall–Kier alpha value is -2.12. The molecule has 1 aliphatic heterocycles. The summed E-state index contributed by atoms with van der Waals surface area (Å²) >= 11 is 3.35. The first-order valence-electron chi connectivity index (χ1n) is 9.46. The van der Waals surface area contributed by atoms with Gasteiger partial charge in [0.05, 0.1) is 21.8 Å². The normalized spacial score (nSPS) is 15.4. The van der Waals surface area contributed by atoms with Crippen molar-refractivity contribution in [3.05, 3.63) is 59.2 Å². The van der Waals surface area contributed by atoms with Crippen molar-refractivity contribution >= 4 is 48.2 Å². The molecule has 5 nitrogen and oxygen atoms in total. The summed E-state index contributed by atoms with van der Waals surface area (Å²) < 4.78 is 29.9.